The average molecular weight is 98.2 g/mol. The molecule has 5 heavy (non-hydrogen) atoms. The SMILES string of the molecule is C[SiH](C)[O-].[Na+]. The zero-order valence-electron chi connectivity index (χ0n) is 3.99. The van der Waals surface area contributed by atoms with Crippen LogP contribution < -0.4 is 34.4 Å². The molecule has 0 unspecified atom stereocenters. The first-order chi connectivity index (χ1) is 1.73. The first kappa shape index (κ1) is 9.49. The van der Waals surface area contributed by atoms with E-state index in [0.29, 0.717) is 0 Å². The fraction of sp³-hybridized carbons (Fsp3) is 1.00. The summed E-state index contributed by atoms with van der Waals surface area (Å²) in [4.78, 5) is 9.67. The van der Waals surface area contributed by atoms with Gasteiger partial charge in [0.15, 0.2) is 0 Å². The molecular formula is C2H7NaOSi. The molecule has 0 fully saturated rings. The Labute approximate surface area is 56.4 Å². The molecule has 3 heteroatoms. The molecule has 0 aromatic carbocycles. The average Bonchev–Trinajstić information content (AvgIpc) is 0.811. The zero-order valence-corrected chi connectivity index (χ0v) is 7.14. The summed E-state index contributed by atoms with van der Waals surface area (Å²) >= 11 is 0. The Kier molecular flexibility index (Phi) is 9.82. The molecule has 0 amide bonds. The molecule has 26 valence electrons. The van der Waals surface area contributed by atoms with Crippen LogP contribution in [-0.4, -0.2) is 9.04 Å². The summed E-state index contributed by atoms with van der Waals surface area (Å²) < 4.78 is 0. The second-order valence-electron chi connectivity index (χ2n) is 1.05. The van der Waals surface area contributed by atoms with Crippen molar-refractivity contribution in [3.8, 4) is 0 Å². The quantitative estimate of drug-likeness (QED) is 0.286. The van der Waals surface area contributed by atoms with Gasteiger partial charge in [-0.05, 0) is 0 Å². The number of hydrogen-bond acceptors (Lipinski definition) is 1. The summed E-state index contributed by atoms with van der Waals surface area (Å²) in [6.07, 6.45) is 0. The molecule has 0 N–H and O–H groups in total. The van der Waals surface area contributed by atoms with Gasteiger partial charge < -0.3 is 4.80 Å². The van der Waals surface area contributed by atoms with Crippen LogP contribution in [0.1, 0.15) is 0 Å². The second kappa shape index (κ2) is 5.18. The third-order valence-corrected chi connectivity index (χ3v) is 0. The van der Waals surface area contributed by atoms with Gasteiger partial charge in [-0.2, -0.15) is 0 Å². The minimum atomic E-state index is -1.39. The summed E-state index contributed by atoms with van der Waals surface area (Å²) in [7, 11) is -1.39. The monoisotopic (exact) mass is 98.0 g/mol. The molecular weight excluding hydrogens is 91.1 g/mol. The van der Waals surface area contributed by atoms with Gasteiger partial charge in [-0.15, -0.1) is 0 Å². The summed E-state index contributed by atoms with van der Waals surface area (Å²) in [5, 5.41) is 0. The summed E-state index contributed by atoms with van der Waals surface area (Å²) in [6, 6.07) is 0. The molecule has 0 bridgehead atoms. The van der Waals surface area contributed by atoms with Crippen LogP contribution in [-0.2, 0) is 0 Å². The van der Waals surface area contributed by atoms with Gasteiger partial charge in [0.2, 0.25) is 0 Å². The Morgan fingerprint density at radius 1 is 1.40 bits per heavy atom. The molecule has 0 heterocycles. The predicted molar refractivity (Wildman–Crippen MR) is 18.9 cm³/mol. The number of rotatable bonds is 0. The van der Waals surface area contributed by atoms with Crippen LogP contribution in [0.3, 0.4) is 0 Å². The van der Waals surface area contributed by atoms with Gasteiger partial charge in [-0.1, -0.05) is 22.1 Å². The van der Waals surface area contributed by atoms with E-state index < -0.39 is 9.04 Å². The van der Waals surface area contributed by atoms with E-state index in [4.69, 9.17) is 0 Å². The van der Waals surface area contributed by atoms with Crippen molar-refractivity contribution in [1.29, 1.82) is 0 Å². The second-order valence-corrected chi connectivity index (χ2v) is 3.15. The Morgan fingerprint density at radius 3 is 1.40 bits per heavy atom. The van der Waals surface area contributed by atoms with Crippen molar-refractivity contribution in [2.45, 2.75) is 13.1 Å². The molecule has 0 aromatic rings. The third-order valence-electron chi connectivity index (χ3n) is 0. The Morgan fingerprint density at radius 2 is 1.40 bits per heavy atom. The van der Waals surface area contributed by atoms with E-state index in [1.807, 2.05) is 0 Å². The minimum Gasteiger partial charge on any atom is -0.861 e. The van der Waals surface area contributed by atoms with Gasteiger partial charge >= 0.3 is 29.6 Å². The Hall–Kier alpha value is 1.18. The normalized spacial score (nSPS) is 7.20. The molecule has 0 atom stereocenters. The van der Waals surface area contributed by atoms with E-state index in [9.17, 15) is 4.80 Å². The van der Waals surface area contributed by atoms with Gasteiger partial charge in [0.25, 0.3) is 0 Å². The van der Waals surface area contributed by atoms with Crippen LogP contribution in [0.15, 0.2) is 0 Å². The van der Waals surface area contributed by atoms with Crippen LogP contribution >= 0.6 is 0 Å². The molecule has 0 aliphatic heterocycles. The van der Waals surface area contributed by atoms with Gasteiger partial charge in [-0.25, -0.2) is 0 Å². The van der Waals surface area contributed by atoms with Gasteiger partial charge in [-0.3, -0.25) is 0 Å². The summed E-state index contributed by atoms with van der Waals surface area (Å²) in [5.74, 6) is 0. The molecule has 0 aromatic heterocycles. The molecule has 1 nitrogen and oxygen atoms in total. The van der Waals surface area contributed by atoms with Crippen molar-refractivity contribution in [1.82, 2.24) is 0 Å². The molecule has 0 saturated heterocycles. The van der Waals surface area contributed by atoms with E-state index in [1.165, 1.54) is 0 Å². The molecule has 0 radical (unpaired) electrons. The summed E-state index contributed by atoms with van der Waals surface area (Å²) in [5.41, 5.74) is 0. The Balaban J connectivity index is 0. The maximum Gasteiger partial charge on any atom is 1.00 e. The molecule has 0 saturated carbocycles. The van der Waals surface area contributed by atoms with Crippen molar-refractivity contribution in [3.05, 3.63) is 0 Å². The first-order valence-electron chi connectivity index (χ1n) is 1.39. The van der Waals surface area contributed by atoms with Crippen LogP contribution in [0.2, 0.25) is 13.1 Å². The van der Waals surface area contributed by atoms with Gasteiger partial charge in [0, 0.05) is 0 Å². The van der Waals surface area contributed by atoms with E-state index >= 15 is 0 Å². The van der Waals surface area contributed by atoms with E-state index in [0.717, 1.165) is 0 Å². The fourth-order valence-electron chi connectivity index (χ4n) is 0. The zero-order chi connectivity index (χ0) is 3.58. The van der Waals surface area contributed by atoms with Crippen molar-refractivity contribution < 1.29 is 34.4 Å². The van der Waals surface area contributed by atoms with Crippen molar-refractivity contribution >= 4 is 9.04 Å². The van der Waals surface area contributed by atoms with Crippen LogP contribution in [0.4, 0.5) is 0 Å². The van der Waals surface area contributed by atoms with E-state index in [-0.39, 0.29) is 29.6 Å². The van der Waals surface area contributed by atoms with E-state index in [2.05, 4.69) is 0 Å². The van der Waals surface area contributed by atoms with Gasteiger partial charge in [0.05, 0.1) is 0 Å². The maximum atomic E-state index is 9.67. The van der Waals surface area contributed by atoms with Crippen LogP contribution in [0.25, 0.3) is 0 Å². The predicted octanol–water partition coefficient (Wildman–Crippen LogP) is -3.67. The van der Waals surface area contributed by atoms with Crippen molar-refractivity contribution in [3.63, 3.8) is 0 Å². The number of hydrogen-bond donors (Lipinski definition) is 0. The minimum absolute atomic E-state index is 0. The fourth-order valence-corrected chi connectivity index (χ4v) is 0. The molecule has 0 aliphatic rings. The van der Waals surface area contributed by atoms with Crippen LogP contribution in [0.5, 0.6) is 0 Å². The third kappa shape index (κ3) is 37.7. The maximum absolute atomic E-state index is 9.67. The van der Waals surface area contributed by atoms with Crippen molar-refractivity contribution in [2.75, 3.05) is 0 Å². The Bertz CT molecular complexity index is 14.4. The van der Waals surface area contributed by atoms with Crippen LogP contribution in [0, 0.1) is 0 Å². The molecule has 0 aliphatic carbocycles. The largest absolute Gasteiger partial charge is 1.00 e. The topological polar surface area (TPSA) is 23.1 Å². The van der Waals surface area contributed by atoms with E-state index in [1.54, 1.807) is 13.1 Å². The first-order valence-corrected chi connectivity index (χ1v) is 4.17. The van der Waals surface area contributed by atoms with Gasteiger partial charge in [0.1, 0.15) is 0 Å². The molecule has 0 rings (SSSR count). The summed E-state index contributed by atoms with van der Waals surface area (Å²) in [6.45, 7) is 3.50. The standard InChI is InChI=1S/C2H7OSi.Na/c1-4(2)3;/h4H,1-2H3;/q-1;+1. The van der Waals surface area contributed by atoms with Crippen molar-refractivity contribution in [2.24, 2.45) is 0 Å². The molecule has 0 spiro atoms. The smallest absolute Gasteiger partial charge is 0.861 e.